The van der Waals surface area contributed by atoms with Gasteiger partial charge in [-0.05, 0) is 30.3 Å². The first kappa shape index (κ1) is 18.7. The van der Waals surface area contributed by atoms with E-state index in [4.69, 9.17) is 11.6 Å². The molecule has 28 heavy (non-hydrogen) atoms. The van der Waals surface area contributed by atoms with Crippen LogP contribution in [0.15, 0.2) is 42.6 Å². The highest BCUT2D eigenvalue weighted by Gasteiger charge is 2.38. The Kier molecular flexibility index (Phi) is 5.17. The Balaban J connectivity index is 1.38. The Bertz CT molecular complexity index is 887. The monoisotopic (exact) mass is 402 g/mol. The second-order valence-corrected chi connectivity index (χ2v) is 7.41. The fraction of sp³-hybridized carbons (Fsp3) is 0.350. The van der Waals surface area contributed by atoms with E-state index in [1.807, 2.05) is 23.1 Å². The number of amides is 2. The Morgan fingerprint density at radius 3 is 2.61 bits per heavy atom. The average molecular weight is 403 g/mol. The normalized spacial score (nSPS) is 20.0. The van der Waals surface area contributed by atoms with Crippen molar-refractivity contribution in [2.75, 3.05) is 42.5 Å². The van der Waals surface area contributed by atoms with Crippen molar-refractivity contribution in [2.45, 2.75) is 6.42 Å². The van der Waals surface area contributed by atoms with Crippen LogP contribution in [0.1, 0.15) is 6.42 Å². The molecule has 2 aliphatic rings. The summed E-state index contributed by atoms with van der Waals surface area (Å²) in [6.45, 7) is 2.91. The first-order chi connectivity index (χ1) is 13.5. The van der Waals surface area contributed by atoms with Crippen LogP contribution in [0.2, 0.25) is 5.02 Å². The third-order valence-electron chi connectivity index (χ3n) is 5.25. The summed E-state index contributed by atoms with van der Waals surface area (Å²) in [5.74, 6) is -0.170. The molecule has 146 valence electrons. The molecule has 0 radical (unpaired) electrons. The molecule has 2 saturated heterocycles. The molecular formula is C20H20ClFN4O2. The number of aromatic nitrogens is 1. The van der Waals surface area contributed by atoms with Crippen LogP contribution in [0.25, 0.3) is 0 Å². The molecule has 1 unspecified atom stereocenters. The lowest BCUT2D eigenvalue weighted by Crippen LogP contribution is -2.51. The topological polar surface area (TPSA) is 56.8 Å². The van der Waals surface area contributed by atoms with Crippen LogP contribution >= 0.6 is 11.6 Å². The van der Waals surface area contributed by atoms with Crippen molar-refractivity contribution in [2.24, 2.45) is 5.92 Å². The summed E-state index contributed by atoms with van der Waals surface area (Å²) >= 11 is 5.83. The van der Waals surface area contributed by atoms with E-state index in [9.17, 15) is 14.0 Å². The third kappa shape index (κ3) is 3.67. The largest absolute Gasteiger partial charge is 0.353 e. The number of pyridine rings is 1. The van der Waals surface area contributed by atoms with E-state index in [0.29, 0.717) is 38.4 Å². The van der Waals surface area contributed by atoms with Gasteiger partial charge in [-0.1, -0.05) is 17.7 Å². The summed E-state index contributed by atoms with van der Waals surface area (Å²) in [5.41, 5.74) is 0.520. The number of carbonyl (C=O) groups excluding carboxylic acids is 2. The molecule has 1 aromatic carbocycles. The van der Waals surface area contributed by atoms with Crippen LogP contribution in [0.5, 0.6) is 0 Å². The van der Waals surface area contributed by atoms with E-state index in [1.165, 1.54) is 23.1 Å². The molecule has 0 N–H and O–H groups in total. The summed E-state index contributed by atoms with van der Waals surface area (Å²) in [5, 5.41) is -0.0364. The summed E-state index contributed by atoms with van der Waals surface area (Å²) in [6.07, 6.45) is 1.92. The number of rotatable bonds is 3. The van der Waals surface area contributed by atoms with Gasteiger partial charge in [0.25, 0.3) is 0 Å². The summed E-state index contributed by atoms with van der Waals surface area (Å²) in [7, 11) is 0. The SMILES string of the molecule is O=C(C1CC(=O)N(c2ccc(F)c(Cl)c2)C1)N1CCN(c2ccccn2)CC1. The van der Waals surface area contributed by atoms with Crippen molar-refractivity contribution in [1.82, 2.24) is 9.88 Å². The summed E-state index contributed by atoms with van der Waals surface area (Å²) in [6, 6.07) is 9.95. The molecule has 2 aliphatic heterocycles. The molecule has 6 nitrogen and oxygen atoms in total. The highest BCUT2D eigenvalue weighted by Crippen LogP contribution is 2.29. The first-order valence-electron chi connectivity index (χ1n) is 9.23. The number of piperazine rings is 1. The van der Waals surface area contributed by atoms with Gasteiger partial charge in [0.2, 0.25) is 11.8 Å². The highest BCUT2D eigenvalue weighted by atomic mass is 35.5. The van der Waals surface area contributed by atoms with Crippen LogP contribution in [-0.4, -0.2) is 54.4 Å². The second-order valence-electron chi connectivity index (χ2n) is 7.00. The predicted octanol–water partition coefficient (Wildman–Crippen LogP) is 2.58. The molecule has 0 aliphatic carbocycles. The van der Waals surface area contributed by atoms with Gasteiger partial charge in [-0.2, -0.15) is 0 Å². The summed E-state index contributed by atoms with van der Waals surface area (Å²) < 4.78 is 13.4. The minimum atomic E-state index is -0.532. The fourth-order valence-electron chi connectivity index (χ4n) is 3.73. The standard InChI is InChI=1S/C20H20ClFN4O2/c21-16-12-15(4-5-17(16)22)26-13-14(11-19(26)27)20(28)25-9-7-24(8-10-25)18-3-1-2-6-23-18/h1-6,12,14H,7-11,13H2. The first-order valence-corrected chi connectivity index (χ1v) is 9.61. The maximum Gasteiger partial charge on any atom is 0.228 e. The molecular weight excluding hydrogens is 383 g/mol. The number of hydrogen-bond acceptors (Lipinski definition) is 4. The van der Waals surface area contributed by atoms with E-state index in [1.54, 1.807) is 6.20 Å². The molecule has 2 amide bonds. The van der Waals surface area contributed by atoms with Crippen LogP contribution in [0, 0.1) is 11.7 Å². The molecule has 1 atom stereocenters. The van der Waals surface area contributed by atoms with Gasteiger partial charge in [-0.25, -0.2) is 9.37 Å². The molecule has 1 aromatic heterocycles. The zero-order valence-electron chi connectivity index (χ0n) is 15.2. The molecule has 0 bridgehead atoms. The maximum atomic E-state index is 13.4. The number of hydrogen-bond donors (Lipinski definition) is 0. The lowest BCUT2D eigenvalue weighted by atomic mass is 10.1. The number of anilines is 2. The highest BCUT2D eigenvalue weighted by molar-refractivity contribution is 6.31. The summed E-state index contributed by atoms with van der Waals surface area (Å²) in [4.78, 5) is 35.2. The van der Waals surface area contributed by atoms with Gasteiger partial charge in [-0.3, -0.25) is 9.59 Å². The van der Waals surface area contributed by atoms with Gasteiger partial charge >= 0.3 is 0 Å². The molecule has 4 rings (SSSR count). The van der Waals surface area contributed by atoms with E-state index in [0.717, 1.165) is 5.82 Å². The van der Waals surface area contributed by atoms with Gasteiger partial charge in [0.15, 0.2) is 0 Å². The van der Waals surface area contributed by atoms with Gasteiger partial charge in [0.1, 0.15) is 11.6 Å². The molecule has 3 heterocycles. The van der Waals surface area contributed by atoms with Crippen molar-refractivity contribution in [3.63, 3.8) is 0 Å². The minimum Gasteiger partial charge on any atom is -0.353 e. The van der Waals surface area contributed by atoms with Gasteiger partial charge in [-0.15, -0.1) is 0 Å². The Labute approximate surface area is 167 Å². The molecule has 0 saturated carbocycles. The molecule has 0 spiro atoms. The average Bonchev–Trinajstić information content (AvgIpc) is 3.12. The van der Waals surface area contributed by atoms with E-state index < -0.39 is 11.7 Å². The van der Waals surface area contributed by atoms with E-state index in [2.05, 4.69) is 9.88 Å². The maximum absolute atomic E-state index is 13.4. The zero-order valence-corrected chi connectivity index (χ0v) is 16.0. The van der Waals surface area contributed by atoms with Crippen molar-refractivity contribution >= 4 is 34.9 Å². The van der Waals surface area contributed by atoms with E-state index in [-0.39, 0.29) is 23.3 Å². The van der Waals surface area contributed by atoms with Crippen molar-refractivity contribution in [1.29, 1.82) is 0 Å². The lowest BCUT2D eigenvalue weighted by molar-refractivity contribution is -0.136. The third-order valence-corrected chi connectivity index (χ3v) is 5.54. The predicted molar refractivity (Wildman–Crippen MR) is 105 cm³/mol. The lowest BCUT2D eigenvalue weighted by Gasteiger charge is -2.36. The van der Waals surface area contributed by atoms with Crippen LogP contribution < -0.4 is 9.80 Å². The quantitative estimate of drug-likeness (QED) is 0.791. The molecule has 8 heteroatoms. The van der Waals surface area contributed by atoms with Crippen molar-refractivity contribution in [3.8, 4) is 0 Å². The Morgan fingerprint density at radius 1 is 1.14 bits per heavy atom. The zero-order chi connectivity index (χ0) is 19.7. The van der Waals surface area contributed by atoms with Gasteiger partial charge in [0, 0.05) is 51.0 Å². The van der Waals surface area contributed by atoms with Gasteiger partial charge in [0.05, 0.1) is 10.9 Å². The van der Waals surface area contributed by atoms with Crippen LogP contribution in [0.3, 0.4) is 0 Å². The van der Waals surface area contributed by atoms with Gasteiger partial charge < -0.3 is 14.7 Å². The number of nitrogens with zero attached hydrogens (tertiary/aromatic N) is 4. The number of halogens is 2. The van der Waals surface area contributed by atoms with Crippen LogP contribution in [0.4, 0.5) is 15.9 Å². The Hall–Kier alpha value is -2.67. The van der Waals surface area contributed by atoms with Crippen molar-refractivity contribution in [3.05, 3.63) is 53.4 Å². The Morgan fingerprint density at radius 2 is 1.93 bits per heavy atom. The number of carbonyl (C=O) groups is 2. The van der Waals surface area contributed by atoms with Crippen LogP contribution in [-0.2, 0) is 9.59 Å². The second kappa shape index (κ2) is 7.75. The minimum absolute atomic E-state index is 0.00951. The van der Waals surface area contributed by atoms with E-state index >= 15 is 0 Å². The fourth-order valence-corrected chi connectivity index (χ4v) is 3.91. The molecule has 2 aromatic rings. The number of benzene rings is 1. The smallest absolute Gasteiger partial charge is 0.228 e. The van der Waals surface area contributed by atoms with Crippen molar-refractivity contribution < 1.29 is 14.0 Å². The molecule has 2 fully saturated rings.